The van der Waals surface area contributed by atoms with Gasteiger partial charge in [0.15, 0.2) is 0 Å². The quantitative estimate of drug-likeness (QED) is 0.732. The number of rotatable bonds is 3. The summed E-state index contributed by atoms with van der Waals surface area (Å²) in [7, 11) is 0. The predicted molar refractivity (Wildman–Crippen MR) is 69.0 cm³/mol. The van der Waals surface area contributed by atoms with Crippen molar-refractivity contribution < 1.29 is 0 Å². The highest BCUT2D eigenvalue weighted by molar-refractivity contribution is 5.71. The molecule has 0 spiro atoms. The van der Waals surface area contributed by atoms with Crippen LogP contribution in [0.2, 0.25) is 0 Å². The topological polar surface area (TPSA) is 12.9 Å². The number of pyridine rings is 1. The van der Waals surface area contributed by atoms with E-state index in [9.17, 15) is 0 Å². The van der Waals surface area contributed by atoms with Crippen LogP contribution in [0.25, 0.3) is 5.57 Å². The highest BCUT2D eigenvalue weighted by atomic mass is 14.6. The zero-order valence-corrected chi connectivity index (χ0v) is 10.5. The van der Waals surface area contributed by atoms with Crippen molar-refractivity contribution >= 4 is 5.57 Å². The smallest absolute Gasteiger partial charge is 0.0343 e. The van der Waals surface area contributed by atoms with E-state index >= 15 is 0 Å². The van der Waals surface area contributed by atoms with Gasteiger partial charge in [-0.15, -0.1) is 0 Å². The van der Waals surface area contributed by atoms with Crippen LogP contribution in [-0.4, -0.2) is 4.98 Å². The molecule has 0 saturated heterocycles. The fourth-order valence-electron chi connectivity index (χ4n) is 2.92. The maximum atomic E-state index is 4.24. The van der Waals surface area contributed by atoms with Gasteiger partial charge in [-0.3, -0.25) is 4.98 Å². The minimum Gasteiger partial charge on any atom is -0.264 e. The number of nitrogens with zero attached hydrogens (tertiary/aromatic N) is 1. The molecule has 1 aromatic rings. The molecule has 1 unspecified atom stereocenters. The van der Waals surface area contributed by atoms with Crippen LogP contribution >= 0.6 is 0 Å². The lowest BCUT2D eigenvalue weighted by atomic mass is 9.71. The Hall–Kier alpha value is -1.11. The monoisotopic (exact) mass is 215 g/mol. The lowest BCUT2D eigenvalue weighted by molar-refractivity contribution is 0.288. The summed E-state index contributed by atoms with van der Waals surface area (Å²) < 4.78 is 0. The van der Waals surface area contributed by atoms with Gasteiger partial charge in [-0.1, -0.05) is 39.3 Å². The second-order valence-electron chi connectivity index (χ2n) is 5.16. The van der Waals surface area contributed by atoms with Crippen molar-refractivity contribution in [3.63, 3.8) is 0 Å². The van der Waals surface area contributed by atoms with Gasteiger partial charge in [0.1, 0.15) is 0 Å². The van der Waals surface area contributed by atoms with Crippen molar-refractivity contribution in [2.45, 2.75) is 40.0 Å². The molecule has 16 heavy (non-hydrogen) atoms. The van der Waals surface area contributed by atoms with E-state index in [2.05, 4.69) is 37.9 Å². The molecule has 2 atom stereocenters. The Morgan fingerprint density at radius 3 is 2.94 bits per heavy atom. The maximum absolute atomic E-state index is 4.24. The van der Waals surface area contributed by atoms with Crippen LogP contribution < -0.4 is 0 Å². The van der Waals surface area contributed by atoms with Gasteiger partial charge in [-0.2, -0.15) is 0 Å². The van der Waals surface area contributed by atoms with Crippen molar-refractivity contribution in [3.05, 3.63) is 36.2 Å². The van der Waals surface area contributed by atoms with Crippen LogP contribution in [0.5, 0.6) is 0 Å². The molecule has 0 fully saturated rings. The fourth-order valence-corrected chi connectivity index (χ4v) is 2.92. The summed E-state index contributed by atoms with van der Waals surface area (Å²) in [5, 5.41) is 0. The lowest BCUT2D eigenvalue weighted by Crippen LogP contribution is -2.22. The van der Waals surface area contributed by atoms with E-state index in [0.29, 0.717) is 5.41 Å². The molecular formula is C15H21N. The molecule has 1 aliphatic rings. The third kappa shape index (κ3) is 1.79. The first-order valence-electron chi connectivity index (χ1n) is 6.29. The Labute approximate surface area is 98.6 Å². The molecule has 1 heterocycles. The molecule has 2 rings (SSSR count). The average molecular weight is 215 g/mol. The number of aromatic nitrogens is 1. The fraction of sp³-hybridized carbons (Fsp3) is 0.533. The van der Waals surface area contributed by atoms with Gasteiger partial charge >= 0.3 is 0 Å². The highest BCUT2D eigenvalue weighted by Gasteiger charge is 2.38. The Kier molecular flexibility index (Phi) is 3.13. The average Bonchev–Trinajstić information content (AvgIpc) is 2.58. The number of allylic oxidation sites excluding steroid dienone is 2. The standard InChI is InChI=1S/C15H21N/c1-4-9-15(3)12(2)7-8-14(15)13-6-5-10-16-11-13/h5-6,8,10-12H,4,7,9H2,1-3H3/t12?,15-/m0/s1. The van der Waals surface area contributed by atoms with Gasteiger partial charge in [-0.25, -0.2) is 0 Å². The molecular weight excluding hydrogens is 194 g/mol. The van der Waals surface area contributed by atoms with E-state index in [-0.39, 0.29) is 0 Å². The molecule has 1 aromatic heterocycles. The molecule has 0 aromatic carbocycles. The second-order valence-corrected chi connectivity index (χ2v) is 5.16. The van der Waals surface area contributed by atoms with Crippen molar-refractivity contribution in [3.8, 4) is 0 Å². The summed E-state index contributed by atoms with van der Waals surface area (Å²) in [6, 6.07) is 4.22. The van der Waals surface area contributed by atoms with E-state index in [1.807, 2.05) is 18.5 Å². The van der Waals surface area contributed by atoms with Crippen LogP contribution in [0, 0.1) is 11.3 Å². The minimum atomic E-state index is 0.345. The zero-order valence-electron chi connectivity index (χ0n) is 10.5. The Morgan fingerprint density at radius 2 is 2.31 bits per heavy atom. The van der Waals surface area contributed by atoms with E-state index in [0.717, 1.165) is 5.92 Å². The minimum absolute atomic E-state index is 0.345. The predicted octanol–water partition coefficient (Wildman–Crippen LogP) is 4.31. The normalized spacial score (nSPS) is 29.2. The number of hydrogen-bond donors (Lipinski definition) is 0. The maximum Gasteiger partial charge on any atom is 0.0343 e. The molecule has 1 heteroatoms. The molecule has 0 bridgehead atoms. The third-order valence-corrected chi connectivity index (χ3v) is 4.12. The van der Waals surface area contributed by atoms with Gasteiger partial charge in [0.25, 0.3) is 0 Å². The highest BCUT2D eigenvalue weighted by Crippen LogP contribution is 2.51. The molecule has 0 amide bonds. The largest absolute Gasteiger partial charge is 0.264 e. The first-order chi connectivity index (χ1) is 7.68. The van der Waals surface area contributed by atoms with Crippen molar-refractivity contribution in [2.75, 3.05) is 0 Å². The molecule has 1 aliphatic carbocycles. The lowest BCUT2D eigenvalue weighted by Gasteiger charge is -2.33. The molecule has 0 radical (unpaired) electrons. The molecule has 0 N–H and O–H groups in total. The van der Waals surface area contributed by atoms with Crippen LogP contribution in [0.15, 0.2) is 30.6 Å². The summed E-state index contributed by atoms with van der Waals surface area (Å²) in [5.74, 6) is 0.752. The van der Waals surface area contributed by atoms with Crippen molar-refractivity contribution in [2.24, 2.45) is 11.3 Å². The molecule has 86 valence electrons. The molecule has 0 aliphatic heterocycles. The third-order valence-electron chi connectivity index (χ3n) is 4.12. The van der Waals surface area contributed by atoms with Crippen molar-refractivity contribution in [1.29, 1.82) is 0 Å². The molecule has 1 nitrogen and oxygen atoms in total. The first-order valence-corrected chi connectivity index (χ1v) is 6.29. The van der Waals surface area contributed by atoms with Gasteiger partial charge in [0.2, 0.25) is 0 Å². The Bertz CT molecular complexity index is 380. The molecule has 0 saturated carbocycles. The summed E-state index contributed by atoms with van der Waals surface area (Å²) >= 11 is 0. The summed E-state index contributed by atoms with van der Waals surface area (Å²) in [5.41, 5.74) is 3.16. The van der Waals surface area contributed by atoms with E-state index in [1.54, 1.807) is 0 Å². The number of hydrogen-bond acceptors (Lipinski definition) is 1. The summed E-state index contributed by atoms with van der Waals surface area (Å²) in [4.78, 5) is 4.24. The van der Waals surface area contributed by atoms with Crippen LogP contribution in [-0.2, 0) is 0 Å². The zero-order chi connectivity index (χ0) is 11.6. The van der Waals surface area contributed by atoms with Gasteiger partial charge in [-0.05, 0) is 41.4 Å². The van der Waals surface area contributed by atoms with Crippen molar-refractivity contribution in [1.82, 2.24) is 4.98 Å². The van der Waals surface area contributed by atoms with Crippen LogP contribution in [0.3, 0.4) is 0 Å². The Morgan fingerprint density at radius 1 is 1.50 bits per heavy atom. The SMILES string of the molecule is CCC[C@]1(C)C(c2cccnc2)=CCC1C. The van der Waals surface area contributed by atoms with E-state index < -0.39 is 0 Å². The summed E-state index contributed by atoms with van der Waals surface area (Å²) in [6.45, 7) is 7.06. The van der Waals surface area contributed by atoms with E-state index in [4.69, 9.17) is 0 Å². The second kappa shape index (κ2) is 4.40. The van der Waals surface area contributed by atoms with E-state index in [1.165, 1.54) is 30.4 Å². The van der Waals surface area contributed by atoms with Crippen LogP contribution in [0.4, 0.5) is 0 Å². The Balaban J connectivity index is 2.34. The van der Waals surface area contributed by atoms with Gasteiger partial charge in [0.05, 0.1) is 0 Å². The van der Waals surface area contributed by atoms with Crippen LogP contribution in [0.1, 0.15) is 45.6 Å². The van der Waals surface area contributed by atoms with Gasteiger partial charge < -0.3 is 0 Å². The van der Waals surface area contributed by atoms with Gasteiger partial charge in [0, 0.05) is 12.4 Å². The summed E-state index contributed by atoms with van der Waals surface area (Å²) in [6.07, 6.45) is 9.99. The first kappa shape index (κ1) is 11.4.